The Morgan fingerprint density at radius 3 is 2.25 bits per heavy atom. The number of hydrogen-bond donors (Lipinski definition) is 2. The van der Waals surface area contributed by atoms with Crippen LogP contribution in [0.3, 0.4) is 0 Å². The van der Waals surface area contributed by atoms with Crippen LogP contribution < -0.4 is 15.0 Å². The molecule has 5 nitrogen and oxygen atoms in total. The van der Waals surface area contributed by atoms with Crippen molar-refractivity contribution in [2.75, 3.05) is 13.2 Å². The van der Waals surface area contributed by atoms with Gasteiger partial charge in [0.15, 0.2) is 11.5 Å². The molecule has 5 heteroatoms. The summed E-state index contributed by atoms with van der Waals surface area (Å²) in [6.07, 6.45) is 11.1. The van der Waals surface area contributed by atoms with E-state index in [2.05, 4.69) is 24.3 Å². The van der Waals surface area contributed by atoms with Crippen LogP contribution >= 0.6 is 0 Å². The van der Waals surface area contributed by atoms with Crippen LogP contribution in [-0.4, -0.2) is 24.3 Å². The van der Waals surface area contributed by atoms with Gasteiger partial charge in [0, 0.05) is 11.6 Å². The molecule has 0 atom stereocenters. The van der Waals surface area contributed by atoms with E-state index in [1.54, 1.807) is 11.6 Å². The summed E-state index contributed by atoms with van der Waals surface area (Å²) in [5.74, 6) is 3.92. The molecule has 7 rings (SSSR count). The number of ether oxygens (including phenoxy) is 2. The van der Waals surface area contributed by atoms with Crippen LogP contribution in [0, 0.1) is 17.8 Å². The Balaban J connectivity index is 1.39. The fourth-order valence-corrected chi connectivity index (χ4v) is 7.15. The van der Waals surface area contributed by atoms with Crippen LogP contribution in [0.1, 0.15) is 49.7 Å². The summed E-state index contributed by atoms with van der Waals surface area (Å²) in [7, 11) is 0. The second-order valence-corrected chi connectivity index (χ2v) is 10.2. The standard InChI is InChI=1S/C27H29NO4/c29-25(28-30)6-3-17-1-4-21(5-2-17)22-12-23(26-24(13-22)31-7-8-32-26)27-14-18-9-19(15-27)11-20(10-18)16-27/h1-6,12-13,18-20,30H,7-11,14-16H2,(H,28,29)/b6-3+. The van der Waals surface area contributed by atoms with E-state index in [4.69, 9.17) is 14.7 Å². The number of amides is 1. The maximum Gasteiger partial charge on any atom is 0.267 e. The van der Waals surface area contributed by atoms with Crippen molar-refractivity contribution in [3.05, 3.63) is 53.6 Å². The van der Waals surface area contributed by atoms with Gasteiger partial charge in [-0.05, 0) is 96.6 Å². The number of benzene rings is 2. The molecule has 4 bridgehead atoms. The van der Waals surface area contributed by atoms with Crippen molar-refractivity contribution in [1.29, 1.82) is 0 Å². The highest BCUT2D eigenvalue weighted by Gasteiger charge is 2.53. The van der Waals surface area contributed by atoms with Crippen molar-refractivity contribution < 1.29 is 19.5 Å². The lowest BCUT2D eigenvalue weighted by Crippen LogP contribution is -2.48. The lowest BCUT2D eigenvalue weighted by Gasteiger charge is -2.57. The van der Waals surface area contributed by atoms with E-state index in [1.807, 2.05) is 12.1 Å². The number of nitrogens with one attached hydrogen (secondary N) is 1. The molecule has 0 unspecified atom stereocenters. The van der Waals surface area contributed by atoms with Crippen LogP contribution in [0.5, 0.6) is 11.5 Å². The first kappa shape index (κ1) is 19.9. The molecule has 0 radical (unpaired) electrons. The largest absolute Gasteiger partial charge is 0.486 e. The second kappa shape index (κ2) is 7.66. The second-order valence-electron chi connectivity index (χ2n) is 10.2. The summed E-state index contributed by atoms with van der Waals surface area (Å²) in [6, 6.07) is 12.6. The fourth-order valence-electron chi connectivity index (χ4n) is 7.15. The molecule has 0 aromatic heterocycles. The van der Waals surface area contributed by atoms with E-state index < -0.39 is 5.91 Å². The zero-order chi connectivity index (χ0) is 21.7. The van der Waals surface area contributed by atoms with Gasteiger partial charge >= 0.3 is 0 Å². The van der Waals surface area contributed by atoms with Crippen molar-refractivity contribution in [2.24, 2.45) is 17.8 Å². The molecule has 1 aliphatic heterocycles. The lowest BCUT2D eigenvalue weighted by molar-refractivity contribution is -0.124. The Hall–Kier alpha value is -2.79. The van der Waals surface area contributed by atoms with Crippen molar-refractivity contribution in [3.8, 4) is 22.6 Å². The summed E-state index contributed by atoms with van der Waals surface area (Å²) in [4.78, 5) is 11.2. The van der Waals surface area contributed by atoms with Gasteiger partial charge in [-0.1, -0.05) is 24.3 Å². The molecule has 1 amide bonds. The molecule has 0 spiro atoms. The first-order valence-corrected chi connectivity index (χ1v) is 11.8. The summed E-state index contributed by atoms with van der Waals surface area (Å²) in [5.41, 5.74) is 6.39. The van der Waals surface area contributed by atoms with E-state index >= 15 is 0 Å². The molecule has 2 N–H and O–H groups in total. The van der Waals surface area contributed by atoms with E-state index in [0.717, 1.165) is 45.9 Å². The third-order valence-corrected chi connectivity index (χ3v) is 8.03. The predicted octanol–water partition coefficient (Wildman–Crippen LogP) is 5.11. The molecule has 0 saturated heterocycles. The number of rotatable bonds is 4. The van der Waals surface area contributed by atoms with Gasteiger partial charge in [0.05, 0.1) is 0 Å². The zero-order valence-corrected chi connectivity index (χ0v) is 18.2. The molecular weight excluding hydrogens is 402 g/mol. The molecule has 4 fully saturated rings. The van der Waals surface area contributed by atoms with Gasteiger partial charge < -0.3 is 9.47 Å². The van der Waals surface area contributed by atoms with E-state index in [0.29, 0.717) is 13.2 Å². The summed E-state index contributed by atoms with van der Waals surface area (Å²) in [6.45, 7) is 1.21. The van der Waals surface area contributed by atoms with Crippen LogP contribution in [0.4, 0.5) is 0 Å². The molecular formula is C27H29NO4. The first-order chi connectivity index (χ1) is 15.6. The molecule has 1 heterocycles. The number of carbonyl (C=O) groups excluding carboxylic acids is 1. The van der Waals surface area contributed by atoms with E-state index in [1.165, 1.54) is 50.2 Å². The van der Waals surface area contributed by atoms with Gasteiger partial charge in [-0.2, -0.15) is 0 Å². The van der Waals surface area contributed by atoms with Crippen molar-refractivity contribution in [3.63, 3.8) is 0 Å². The third kappa shape index (κ3) is 3.39. The normalized spacial score (nSPS) is 30.0. The van der Waals surface area contributed by atoms with Crippen LogP contribution in [0.25, 0.3) is 17.2 Å². The van der Waals surface area contributed by atoms with Crippen molar-refractivity contribution >= 4 is 12.0 Å². The minimum Gasteiger partial charge on any atom is -0.486 e. The zero-order valence-electron chi connectivity index (χ0n) is 18.2. The molecule has 2 aromatic carbocycles. The van der Waals surface area contributed by atoms with Gasteiger partial charge in [0.25, 0.3) is 5.91 Å². The molecule has 166 valence electrons. The molecule has 4 saturated carbocycles. The van der Waals surface area contributed by atoms with Gasteiger partial charge in [0.2, 0.25) is 0 Å². The van der Waals surface area contributed by atoms with Crippen molar-refractivity contribution in [1.82, 2.24) is 5.48 Å². The van der Waals surface area contributed by atoms with Gasteiger partial charge in [-0.15, -0.1) is 0 Å². The SMILES string of the molecule is O=C(/C=C/c1ccc(-c2cc3c(c(C45CC6CC(CC(C6)C4)C5)c2)OCCO3)cc1)NO. The topological polar surface area (TPSA) is 67.8 Å². The molecule has 4 aliphatic carbocycles. The maximum atomic E-state index is 11.2. The van der Waals surface area contributed by atoms with Crippen LogP contribution in [0.2, 0.25) is 0 Å². The first-order valence-electron chi connectivity index (χ1n) is 11.8. The Morgan fingerprint density at radius 2 is 1.59 bits per heavy atom. The summed E-state index contributed by atoms with van der Waals surface area (Å²) < 4.78 is 12.3. The smallest absolute Gasteiger partial charge is 0.267 e. The Kier molecular flexibility index (Phi) is 4.76. The quantitative estimate of drug-likeness (QED) is 0.401. The Bertz CT molecular complexity index is 1040. The summed E-state index contributed by atoms with van der Waals surface area (Å²) in [5, 5.41) is 8.64. The molecule has 5 aliphatic rings. The average Bonchev–Trinajstić information content (AvgIpc) is 2.81. The number of carbonyl (C=O) groups is 1. The minimum absolute atomic E-state index is 0.232. The van der Waals surface area contributed by atoms with Gasteiger partial charge in [0.1, 0.15) is 13.2 Å². The number of fused-ring (bicyclic) bond motifs is 1. The van der Waals surface area contributed by atoms with Crippen LogP contribution in [-0.2, 0) is 10.2 Å². The maximum absolute atomic E-state index is 11.2. The number of hydroxylamine groups is 1. The highest BCUT2D eigenvalue weighted by molar-refractivity contribution is 5.90. The third-order valence-electron chi connectivity index (χ3n) is 8.03. The van der Waals surface area contributed by atoms with Crippen LogP contribution in [0.15, 0.2) is 42.5 Å². The number of hydrogen-bond acceptors (Lipinski definition) is 4. The fraction of sp³-hybridized carbons (Fsp3) is 0.444. The van der Waals surface area contributed by atoms with E-state index in [-0.39, 0.29) is 5.41 Å². The van der Waals surface area contributed by atoms with Crippen molar-refractivity contribution in [2.45, 2.75) is 43.9 Å². The van der Waals surface area contributed by atoms with Gasteiger partial charge in [-0.25, -0.2) is 5.48 Å². The predicted molar refractivity (Wildman–Crippen MR) is 122 cm³/mol. The minimum atomic E-state index is -0.541. The Morgan fingerprint density at radius 1 is 0.938 bits per heavy atom. The Labute approximate surface area is 188 Å². The molecule has 32 heavy (non-hydrogen) atoms. The highest BCUT2D eigenvalue weighted by Crippen LogP contribution is 2.63. The highest BCUT2D eigenvalue weighted by atomic mass is 16.6. The van der Waals surface area contributed by atoms with Gasteiger partial charge in [-0.3, -0.25) is 10.0 Å². The lowest BCUT2D eigenvalue weighted by atomic mass is 9.48. The molecule has 2 aromatic rings. The van der Waals surface area contributed by atoms with E-state index in [9.17, 15) is 4.79 Å². The summed E-state index contributed by atoms with van der Waals surface area (Å²) >= 11 is 0. The average molecular weight is 432 g/mol. The monoisotopic (exact) mass is 431 g/mol.